The monoisotopic (exact) mass is 279 g/mol. The van der Waals surface area contributed by atoms with E-state index in [1.54, 1.807) is 17.4 Å². The van der Waals surface area contributed by atoms with Crippen molar-refractivity contribution in [2.75, 3.05) is 0 Å². The Labute approximate surface area is 116 Å². The molecule has 0 amide bonds. The van der Waals surface area contributed by atoms with Crippen LogP contribution in [0.1, 0.15) is 21.8 Å². The fourth-order valence-electron chi connectivity index (χ4n) is 2.05. The number of hydrazine groups is 1. The predicted molar refractivity (Wildman–Crippen MR) is 76.5 cm³/mol. The summed E-state index contributed by atoms with van der Waals surface area (Å²) in [5.41, 5.74) is 5.92. The van der Waals surface area contributed by atoms with E-state index in [1.807, 2.05) is 25.3 Å². The van der Waals surface area contributed by atoms with Gasteiger partial charge in [0.15, 0.2) is 0 Å². The average Bonchev–Trinajstić information content (AvgIpc) is 2.77. The van der Waals surface area contributed by atoms with Crippen molar-refractivity contribution >= 4 is 11.3 Å². The first-order chi connectivity index (χ1) is 9.08. The molecule has 0 aliphatic heterocycles. The third-order valence-corrected chi connectivity index (χ3v) is 4.08. The second kappa shape index (κ2) is 6.23. The van der Waals surface area contributed by atoms with E-state index in [0.717, 1.165) is 34.7 Å². The molecule has 3 N–H and O–H groups in total. The highest BCUT2D eigenvalue weighted by Crippen LogP contribution is 2.16. The van der Waals surface area contributed by atoms with E-state index in [9.17, 15) is 4.39 Å². The first-order valence-electron chi connectivity index (χ1n) is 6.20. The molecule has 2 rings (SSSR count). The zero-order valence-electron chi connectivity index (χ0n) is 11.1. The van der Waals surface area contributed by atoms with Crippen LogP contribution < -0.4 is 11.3 Å². The number of nitrogens with two attached hydrogens (primary N) is 1. The largest absolute Gasteiger partial charge is 0.271 e. The Kier molecular flexibility index (Phi) is 4.63. The smallest absolute Gasteiger partial charge is 0.123 e. The third-order valence-electron chi connectivity index (χ3n) is 3.09. The number of hydrogen-bond acceptors (Lipinski definition) is 4. The molecule has 1 aromatic carbocycles. The number of hydrogen-bond donors (Lipinski definition) is 2. The van der Waals surface area contributed by atoms with E-state index in [0.29, 0.717) is 0 Å². The number of thiazole rings is 1. The van der Waals surface area contributed by atoms with Crippen LogP contribution in [0.3, 0.4) is 0 Å². The number of benzene rings is 1. The molecule has 0 bridgehead atoms. The summed E-state index contributed by atoms with van der Waals surface area (Å²) in [6.45, 7) is 3.90. The summed E-state index contributed by atoms with van der Waals surface area (Å²) in [4.78, 5) is 4.44. The second-order valence-corrected chi connectivity index (χ2v) is 5.67. The van der Waals surface area contributed by atoms with Crippen LogP contribution in [0.2, 0.25) is 0 Å². The lowest BCUT2D eigenvalue weighted by molar-refractivity contribution is 0.519. The quantitative estimate of drug-likeness (QED) is 0.653. The molecule has 19 heavy (non-hydrogen) atoms. The zero-order chi connectivity index (χ0) is 13.8. The third kappa shape index (κ3) is 3.83. The lowest BCUT2D eigenvalue weighted by Gasteiger charge is -2.16. The van der Waals surface area contributed by atoms with Gasteiger partial charge in [-0.2, -0.15) is 0 Å². The van der Waals surface area contributed by atoms with E-state index in [4.69, 9.17) is 5.84 Å². The number of nitrogens with one attached hydrogen (secondary N) is 1. The normalized spacial score (nSPS) is 12.6. The molecule has 102 valence electrons. The lowest BCUT2D eigenvalue weighted by atomic mass is 9.99. The van der Waals surface area contributed by atoms with E-state index in [-0.39, 0.29) is 11.9 Å². The van der Waals surface area contributed by atoms with Gasteiger partial charge in [-0.05, 0) is 43.5 Å². The standard InChI is InChI=1S/C14H18FN3S/c1-9-5-12(15)4-3-11(9)6-13(18-16)7-14-17-10(2)8-19-14/h3-5,8,13,18H,6-7,16H2,1-2H3. The van der Waals surface area contributed by atoms with Gasteiger partial charge < -0.3 is 0 Å². The molecule has 3 nitrogen and oxygen atoms in total. The number of rotatable bonds is 5. The first-order valence-corrected chi connectivity index (χ1v) is 7.08. The minimum absolute atomic E-state index is 0.106. The summed E-state index contributed by atoms with van der Waals surface area (Å²) < 4.78 is 13.1. The van der Waals surface area contributed by atoms with Crippen LogP contribution in [0.5, 0.6) is 0 Å². The minimum atomic E-state index is -0.200. The molecule has 1 unspecified atom stereocenters. The lowest BCUT2D eigenvalue weighted by Crippen LogP contribution is -2.38. The highest BCUT2D eigenvalue weighted by molar-refractivity contribution is 7.09. The van der Waals surface area contributed by atoms with Crippen LogP contribution in [-0.2, 0) is 12.8 Å². The van der Waals surface area contributed by atoms with Gasteiger partial charge in [0, 0.05) is 23.5 Å². The van der Waals surface area contributed by atoms with Crippen molar-refractivity contribution in [3.8, 4) is 0 Å². The van der Waals surface area contributed by atoms with Crippen LogP contribution in [0, 0.1) is 19.7 Å². The van der Waals surface area contributed by atoms with Crippen LogP contribution >= 0.6 is 11.3 Å². The summed E-state index contributed by atoms with van der Waals surface area (Å²) in [6, 6.07) is 4.97. The Hall–Kier alpha value is -1.30. The van der Waals surface area contributed by atoms with Crippen molar-refractivity contribution < 1.29 is 4.39 Å². The van der Waals surface area contributed by atoms with Crippen LogP contribution in [0.15, 0.2) is 23.6 Å². The predicted octanol–water partition coefficient (Wildman–Crippen LogP) is 2.52. The molecule has 0 radical (unpaired) electrons. The number of aryl methyl sites for hydroxylation is 2. The molecular formula is C14H18FN3S. The summed E-state index contributed by atoms with van der Waals surface area (Å²) in [7, 11) is 0. The topological polar surface area (TPSA) is 50.9 Å². The molecule has 0 aliphatic carbocycles. The highest BCUT2D eigenvalue weighted by Gasteiger charge is 2.12. The maximum Gasteiger partial charge on any atom is 0.123 e. The highest BCUT2D eigenvalue weighted by atomic mass is 32.1. The molecule has 0 saturated carbocycles. The zero-order valence-corrected chi connectivity index (χ0v) is 11.9. The fourth-order valence-corrected chi connectivity index (χ4v) is 2.90. The summed E-state index contributed by atoms with van der Waals surface area (Å²) in [6.07, 6.45) is 1.55. The van der Waals surface area contributed by atoms with Gasteiger partial charge in [0.1, 0.15) is 5.82 Å². The Morgan fingerprint density at radius 1 is 1.37 bits per heavy atom. The molecule has 0 spiro atoms. The van der Waals surface area contributed by atoms with Crippen LogP contribution in [-0.4, -0.2) is 11.0 Å². The Morgan fingerprint density at radius 2 is 2.16 bits per heavy atom. The van der Waals surface area contributed by atoms with Gasteiger partial charge in [-0.3, -0.25) is 11.3 Å². The van der Waals surface area contributed by atoms with Gasteiger partial charge in [-0.15, -0.1) is 11.3 Å². The molecule has 1 aromatic heterocycles. The van der Waals surface area contributed by atoms with Crippen LogP contribution in [0.25, 0.3) is 0 Å². The molecule has 1 atom stereocenters. The van der Waals surface area contributed by atoms with Crippen molar-refractivity contribution in [1.29, 1.82) is 0 Å². The minimum Gasteiger partial charge on any atom is -0.271 e. The SMILES string of the molecule is Cc1csc(CC(Cc2ccc(F)cc2C)NN)n1. The van der Waals surface area contributed by atoms with E-state index < -0.39 is 0 Å². The number of aromatic nitrogens is 1. The van der Waals surface area contributed by atoms with Crippen molar-refractivity contribution in [2.24, 2.45) is 5.84 Å². The van der Waals surface area contributed by atoms with Gasteiger partial charge in [0.25, 0.3) is 0 Å². The number of nitrogens with zero attached hydrogens (tertiary/aromatic N) is 1. The van der Waals surface area contributed by atoms with Gasteiger partial charge in [0.05, 0.1) is 5.01 Å². The van der Waals surface area contributed by atoms with E-state index >= 15 is 0 Å². The van der Waals surface area contributed by atoms with Crippen molar-refractivity contribution in [3.05, 3.63) is 51.2 Å². The molecular weight excluding hydrogens is 261 g/mol. The Balaban J connectivity index is 2.06. The van der Waals surface area contributed by atoms with Crippen molar-refractivity contribution in [1.82, 2.24) is 10.4 Å². The van der Waals surface area contributed by atoms with Crippen LogP contribution in [0.4, 0.5) is 4.39 Å². The van der Waals surface area contributed by atoms with Crippen molar-refractivity contribution in [3.63, 3.8) is 0 Å². The van der Waals surface area contributed by atoms with Crippen molar-refractivity contribution in [2.45, 2.75) is 32.7 Å². The molecule has 2 aromatic rings. The maximum absolute atomic E-state index is 13.1. The molecule has 0 saturated heterocycles. The van der Waals surface area contributed by atoms with E-state index in [1.165, 1.54) is 6.07 Å². The summed E-state index contributed by atoms with van der Waals surface area (Å²) in [5.74, 6) is 5.41. The molecule has 1 heterocycles. The summed E-state index contributed by atoms with van der Waals surface area (Å²) in [5, 5.41) is 3.10. The van der Waals surface area contributed by atoms with Gasteiger partial charge in [-0.25, -0.2) is 9.37 Å². The maximum atomic E-state index is 13.1. The average molecular weight is 279 g/mol. The van der Waals surface area contributed by atoms with Gasteiger partial charge in [-0.1, -0.05) is 6.07 Å². The first kappa shape index (κ1) is 14.1. The number of halogens is 1. The summed E-state index contributed by atoms with van der Waals surface area (Å²) >= 11 is 1.64. The Morgan fingerprint density at radius 3 is 2.74 bits per heavy atom. The van der Waals surface area contributed by atoms with E-state index in [2.05, 4.69) is 10.4 Å². The molecule has 5 heteroatoms. The van der Waals surface area contributed by atoms with Gasteiger partial charge in [0.2, 0.25) is 0 Å². The molecule has 0 fully saturated rings. The second-order valence-electron chi connectivity index (χ2n) is 4.73. The van der Waals surface area contributed by atoms with Gasteiger partial charge >= 0.3 is 0 Å². The molecule has 0 aliphatic rings. The fraction of sp³-hybridized carbons (Fsp3) is 0.357. The Bertz CT molecular complexity index is 553.